The number of Topliss-reactive ketones (excluding diaryl/α,β-unsaturated/α-hetero) is 1. The number of nitrogens with one attached hydrogen (secondary N) is 1. The van der Waals surface area contributed by atoms with E-state index >= 15 is 0 Å². The van der Waals surface area contributed by atoms with Crippen LogP contribution in [-0.2, 0) is 11.2 Å². The Labute approximate surface area is 174 Å². The monoisotopic (exact) mass is 425 g/mol. The maximum atomic E-state index is 12.8. The van der Waals surface area contributed by atoms with Crippen LogP contribution < -0.4 is 0 Å². The molecule has 1 aliphatic heterocycles. The SMILES string of the molecule is CCc1nnc([C@@H]2C(=N)S/C(=C\c3ccc(-c4ccccc4C(=O)O)o3)C2=O)s1. The Morgan fingerprint density at radius 2 is 2.07 bits per heavy atom. The highest BCUT2D eigenvalue weighted by Crippen LogP contribution is 2.41. The fourth-order valence-corrected chi connectivity index (χ4v) is 4.86. The van der Waals surface area contributed by atoms with Crippen LogP contribution >= 0.6 is 23.1 Å². The number of carbonyl (C=O) groups is 2. The van der Waals surface area contributed by atoms with Gasteiger partial charge in [0.25, 0.3) is 0 Å². The van der Waals surface area contributed by atoms with E-state index in [9.17, 15) is 14.7 Å². The molecule has 0 aliphatic carbocycles. The molecule has 0 radical (unpaired) electrons. The number of hydrogen-bond acceptors (Lipinski definition) is 8. The maximum Gasteiger partial charge on any atom is 0.336 e. The molecule has 0 unspecified atom stereocenters. The Morgan fingerprint density at radius 3 is 2.79 bits per heavy atom. The fraction of sp³-hybridized carbons (Fsp3) is 0.150. The molecule has 7 nitrogen and oxygen atoms in total. The number of rotatable bonds is 5. The molecule has 1 aromatic carbocycles. The largest absolute Gasteiger partial charge is 0.478 e. The van der Waals surface area contributed by atoms with E-state index in [0.29, 0.717) is 27.0 Å². The van der Waals surface area contributed by atoms with E-state index < -0.39 is 11.9 Å². The summed E-state index contributed by atoms with van der Waals surface area (Å²) < 4.78 is 5.77. The van der Waals surface area contributed by atoms with Crippen molar-refractivity contribution in [2.45, 2.75) is 19.3 Å². The average molecular weight is 425 g/mol. The van der Waals surface area contributed by atoms with E-state index in [0.717, 1.165) is 23.2 Å². The summed E-state index contributed by atoms with van der Waals surface area (Å²) in [5, 5.41) is 27.2. The predicted octanol–water partition coefficient (Wildman–Crippen LogP) is 4.48. The maximum absolute atomic E-state index is 12.8. The second-order valence-electron chi connectivity index (χ2n) is 6.21. The summed E-state index contributed by atoms with van der Waals surface area (Å²) in [7, 11) is 0. The summed E-state index contributed by atoms with van der Waals surface area (Å²) in [6.07, 6.45) is 2.31. The smallest absolute Gasteiger partial charge is 0.336 e. The lowest BCUT2D eigenvalue weighted by Gasteiger charge is -2.02. The van der Waals surface area contributed by atoms with Crippen molar-refractivity contribution in [1.29, 1.82) is 5.41 Å². The Morgan fingerprint density at radius 1 is 1.28 bits per heavy atom. The molecule has 1 aliphatic rings. The summed E-state index contributed by atoms with van der Waals surface area (Å²) in [6.45, 7) is 1.96. The number of hydrogen-bond donors (Lipinski definition) is 2. The third-order valence-corrected chi connectivity index (χ3v) is 6.47. The van der Waals surface area contributed by atoms with Gasteiger partial charge in [-0.1, -0.05) is 36.9 Å². The number of nitrogens with zero attached hydrogens (tertiary/aromatic N) is 2. The van der Waals surface area contributed by atoms with Crippen molar-refractivity contribution >= 4 is 46.0 Å². The summed E-state index contributed by atoms with van der Waals surface area (Å²) in [4.78, 5) is 24.6. The van der Waals surface area contributed by atoms with Crippen molar-refractivity contribution in [3.63, 3.8) is 0 Å². The molecular weight excluding hydrogens is 410 g/mol. The molecule has 9 heteroatoms. The zero-order valence-electron chi connectivity index (χ0n) is 15.2. The van der Waals surface area contributed by atoms with Gasteiger partial charge in [0.2, 0.25) is 0 Å². The Kier molecular flexibility index (Phi) is 5.16. The molecule has 1 saturated heterocycles. The van der Waals surface area contributed by atoms with Crippen LogP contribution in [-0.4, -0.2) is 32.1 Å². The zero-order chi connectivity index (χ0) is 20.5. The number of thioether (sulfide) groups is 1. The van der Waals surface area contributed by atoms with Gasteiger partial charge in [0.1, 0.15) is 27.5 Å². The van der Waals surface area contributed by atoms with Gasteiger partial charge in [0, 0.05) is 5.56 Å². The van der Waals surface area contributed by atoms with E-state index in [4.69, 9.17) is 9.83 Å². The van der Waals surface area contributed by atoms with Crippen LogP contribution in [0.25, 0.3) is 17.4 Å². The van der Waals surface area contributed by atoms with Crippen LogP contribution in [0.4, 0.5) is 0 Å². The summed E-state index contributed by atoms with van der Waals surface area (Å²) in [5.41, 5.74) is 0.596. The standard InChI is InChI=1S/C20H15N3O4S2/c1-2-15-22-23-19(29-15)16-17(24)14(28-18(16)21)9-10-7-8-13(27-10)11-5-3-4-6-12(11)20(25)26/h3-9,16,21H,2H2,1H3,(H,25,26)/b14-9-,21-18?/t16-/m0/s1. The van der Waals surface area contributed by atoms with E-state index in [-0.39, 0.29) is 16.4 Å². The second kappa shape index (κ2) is 7.76. The van der Waals surface area contributed by atoms with E-state index in [1.54, 1.807) is 36.4 Å². The van der Waals surface area contributed by atoms with Gasteiger partial charge >= 0.3 is 5.97 Å². The molecule has 2 N–H and O–H groups in total. The highest BCUT2D eigenvalue weighted by Gasteiger charge is 2.39. The molecule has 0 spiro atoms. The molecule has 2 aromatic heterocycles. The minimum absolute atomic E-state index is 0.136. The lowest BCUT2D eigenvalue weighted by Crippen LogP contribution is -2.11. The number of benzene rings is 1. The minimum Gasteiger partial charge on any atom is -0.478 e. The molecular formula is C20H15N3O4S2. The Hall–Kier alpha value is -3.04. The molecule has 146 valence electrons. The van der Waals surface area contributed by atoms with Gasteiger partial charge in [-0.15, -0.1) is 21.5 Å². The minimum atomic E-state index is -1.04. The third kappa shape index (κ3) is 3.66. The first-order valence-electron chi connectivity index (χ1n) is 8.75. The molecule has 0 saturated carbocycles. The number of carbonyl (C=O) groups excluding carboxylic acids is 1. The first-order chi connectivity index (χ1) is 14.0. The molecule has 1 fully saturated rings. The summed E-state index contributed by atoms with van der Waals surface area (Å²) in [5.74, 6) is -1.16. The fourth-order valence-electron chi connectivity index (χ4n) is 2.93. The first kappa shape index (κ1) is 19.3. The summed E-state index contributed by atoms with van der Waals surface area (Å²) in [6, 6.07) is 9.90. The topological polar surface area (TPSA) is 117 Å². The van der Waals surface area contributed by atoms with Crippen LogP contribution in [0.3, 0.4) is 0 Å². The molecule has 0 bridgehead atoms. The summed E-state index contributed by atoms with van der Waals surface area (Å²) >= 11 is 2.43. The van der Waals surface area contributed by atoms with Crippen molar-refractivity contribution in [3.8, 4) is 11.3 Å². The number of furan rings is 1. The first-order valence-corrected chi connectivity index (χ1v) is 10.4. The number of aryl methyl sites for hydroxylation is 1. The van der Waals surface area contributed by atoms with Crippen LogP contribution in [0.2, 0.25) is 0 Å². The second-order valence-corrected chi connectivity index (χ2v) is 8.39. The van der Waals surface area contributed by atoms with Crippen molar-refractivity contribution in [1.82, 2.24) is 10.2 Å². The van der Waals surface area contributed by atoms with Crippen molar-refractivity contribution in [2.24, 2.45) is 0 Å². The number of carboxylic acid groups (broad SMARTS) is 1. The lowest BCUT2D eigenvalue weighted by molar-refractivity contribution is -0.114. The number of aromatic nitrogens is 2. The van der Waals surface area contributed by atoms with Gasteiger partial charge in [0.05, 0.1) is 15.5 Å². The Balaban J connectivity index is 1.62. The molecule has 3 aromatic rings. The van der Waals surface area contributed by atoms with Crippen LogP contribution in [0.15, 0.2) is 45.7 Å². The normalized spacial score (nSPS) is 18.0. The van der Waals surface area contributed by atoms with Crippen LogP contribution in [0, 0.1) is 5.41 Å². The number of aromatic carboxylic acids is 1. The van der Waals surface area contributed by atoms with Crippen molar-refractivity contribution in [2.75, 3.05) is 0 Å². The van der Waals surface area contributed by atoms with Gasteiger partial charge < -0.3 is 9.52 Å². The third-order valence-electron chi connectivity index (χ3n) is 4.34. The van der Waals surface area contributed by atoms with Gasteiger partial charge in [0.15, 0.2) is 5.78 Å². The van der Waals surface area contributed by atoms with Crippen molar-refractivity contribution in [3.05, 3.63) is 62.6 Å². The van der Waals surface area contributed by atoms with E-state index in [1.165, 1.54) is 17.4 Å². The Bertz CT molecular complexity index is 1160. The molecule has 0 amide bonds. The molecule has 1 atom stereocenters. The van der Waals surface area contributed by atoms with Gasteiger partial charge in [-0.05, 0) is 30.7 Å². The highest BCUT2D eigenvalue weighted by atomic mass is 32.2. The quantitative estimate of drug-likeness (QED) is 0.579. The molecule has 29 heavy (non-hydrogen) atoms. The molecule has 3 heterocycles. The number of carboxylic acids is 1. The van der Waals surface area contributed by atoms with Crippen LogP contribution in [0.5, 0.6) is 0 Å². The number of allylic oxidation sites excluding steroid dienone is 1. The predicted molar refractivity (Wildman–Crippen MR) is 111 cm³/mol. The van der Waals surface area contributed by atoms with E-state index in [1.807, 2.05) is 6.92 Å². The zero-order valence-corrected chi connectivity index (χ0v) is 16.8. The van der Waals surface area contributed by atoms with Gasteiger partial charge in [-0.25, -0.2) is 4.79 Å². The molecule has 4 rings (SSSR count). The lowest BCUT2D eigenvalue weighted by atomic mass is 10.1. The average Bonchev–Trinajstić information content (AvgIpc) is 3.42. The number of ketones is 1. The highest BCUT2D eigenvalue weighted by molar-refractivity contribution is 8.19. The van der Waals surface area contributed by atoms with Crippen LogP contribution in [0.1, 0.15) is 39.0 Å². The van der Waals surface area contributed by atoms with E-state index in [2.05, 4.69) is 10.2 Å². The van der Waals surface area contributed by atoms with Gasteiger partial charge in [-0.2, -0.15) is 0 Å². The van der Waals surface area contributed by atoms with Crippen molar-refractivity contribution < 1.29 is 19.1 Å². The van der Waals surface area contributed by atoms with Gasteiger partial charge in [-0.3, -0.25) is 10.2 Å².